The molecule has 0 aromatic heterocycles. The SMILES string of the molecule is CNC(C)Cc1ccc(-c2cc(Cl)c(OC)cc2Cl)cc1. The van der Waals surface area contributed by atoms with Crippen molar-refractivity contribution in [3.8, 4) is 16.9 Å². The summed E-state index contributed by atoms with van der Waals surface area (Å²) < 4.78 is 5.17. The van der Waals surface area contributed by atoms with Gasteiger partial charge in [-0.2, -0.15) is 0 Å². The molecule has 0 radical (unpaired) electrons. The molecule has 0 heterocycles. The highest BCUT2D eigenvalue weighted by atomic mass is 35.5. The van der Waals surface area contributed by atoms with E-state index in [1.807, 2.05) is 13.1 Å². The average molecular weight is 324 g/mol. The number of ether oxygens (including phenoxy) is 1. The zero-order chi connectivity index (χ0) is 15.4. The highest BCUT2D eigenvalue weighted by molar-refractivity contribution is 6.36. The lowest BCUT2D eigenvalue weighted by Crippen LogP contribution is -2.23. The molecule has 21 heavy (non-hydrogen) atoms. The van der Waals surface area contributed by atoms with Gasteiger partial charge >= 0.3 is 0 Å². The monoisotopic (exact) mass is 323 g/mol. The Morgan fingerprint density at radius 1 is 1.10 bits per heavy atom. The van der Waals surface area contributed by atoms with Crippen LogP contribution in [0.3, 0.4) is 0 Å². The van der Waals surface area contributed by atoms with Gasteiger partial charge in [-0.3, -0.25) is 0 Å². The second kappa shape index (κ2) is 7.17. The van der Waals surface area contributed by atoms with Crippen LogP contribution in [-0.4, -0.2) is 20.2 Å². The summed E-state index contributed by atoms with van der Waals surface area (Å²) in [7, 11) is 3.55. The minimum Gasteiger partial charge on any atom is -0.495 e. The van der Waals surface area contributed by atoms with Crippen molar-refractivity contribution in [3.05, 3.63) is 52.0 Å². The van der Waals surface area contributed by atoms with Gasteiger partial charge in [-0.05, 0) is 37.6 Å². The lowest BCUT2D eigenvalue weighted by molar-refractivity contribution is 0.415. The van der Waals surface area contributed by atoms with Crippen molar-refractivity contribution in [2.45, 2.75) is 19.4 Å². The quantitative estimate of drug-likeness (QED) is 0.851. The molecule has 1 unspecified atom stereocenters. The summed E-state index contributed by atoms with van der Waals surface area (Å²) in [6.07, 6.45) is 0.994. The highest BCUT2D eigenvalue weighted by Gasteiger charge is 2.10. The summed E-state index contributed by atoms with van der Waals surface area (Å²) in [6, 6.07) is 12.4. The Labute approximate surface area is 136 Å². The van der Waals surface area contributed by atoms with Gasteiger partial charge in [-0.1, -0.05) is 47.5 Å². The highest BCUT2D eigenvalue weighted by Crippen LogP contribution is 2.36. The maximum absolute atomic E-state index is 6.31. The van der Waals surface area contributed by atoms with Crippen molar-refractivity contribution < 1.29 is 4.74 Å². The smallest absolute Gasteiger partial charge is 0.138 e. The second-order valence-electron chi connectivity index (χ2n) is 5.06. The third-order valence-electron chi connectivity index (χ3n) is 3.54. The topological polar surface area (TPSA) is 21.3 Å². The van der Waals surface area contributed by atoms with Crippen molar-refractivity contribution in [3.63, 3.8) is 0 Å². The van der Waals surface area contributed by atoms with E-state index in [0.717, 1.165) is 17.5 Å². The molecule has 0 aliphatic heterocycles. The zero-order valence-electron chi connectivity index (χ0n) is 12.4. The maximum Gasteiger partial charge on any atom is 0.138 e. The van der Waals surface area contributed by atoms with Gasteiger partial charge in [0.15, 0.2) is 0 Å². The molecule has 2 aromatic rings. The first kappa shape index (κ1) is 16.2. The van der Waals surface area contributed by atoms with E-state index >= 15 is 0 Å². The fourth-order valence-corrected chi connectivity index (χ4v) is 2.69. The second-order valence-corrected chi connectivity index (χ2v) is 5.87. The molecule has 0 saturated heterocycles. The molecule has 0 spiro atoms. The van der Waals surface area contributed by atoms with Gasteiger partial charge in [-0.15, -0.1) is 0 Å². The Hall–Kier alpha value is -1.22. The normalized spacial score (nSPS) is 12.2. The number of benzene rings is 2. The Morgan fingerprint density at radius 3 is 2.33 bits per heavy atom. The number of halogens is 2. The fourth-order valence-electron chi connectivity index (χ4n) is 2.18. The van der Waals surface area contributed by atoms with E-state index in [1.165, 1.54) is 5.56 Å². The first-order valence-electron chi connectivity index (χ1n) is 6.84. The summed E-state index contributed by atoms with van der Waals surface area (Å²) >= 11 is 12.5. The van der Waals surface area contributed by atoms with Crippen molar-refractivity contribution in [1.29, 1.82) is 0 Å². The van der Waals surface area contributed by atoms with E-state index in [0.29, 0.717) is 21.8 Å². The van der Waals surface area contributed by atoms with Gasteiger partial charge in [0.25, 0.3) is 0 Å². The molecule has 0 saturated carbocycles. The van der Waals surface area contributed by atoms with E-state index in [4.69, 9.17) is 27.9 Å². The Bertz CT molecular complexity index is 611. The van der Waals surface area contributed by atoms with Crippen LogP contribution in [0.5, 0.6) is 5.75 Å². The fraction of sp³-hybridized carbons (Fsp3) is 0.294. The standard InChI is InChI=1S/C17H19Cl2NO/c1-11(20-2)8-12-4-6-13(7-5-12)14-9-16(19)17(21-3)10-15(14)18/h4-7,9-11,20H,8H2,1-3H3. The van der Waals surface area contributed by atoms with Crippen LogP contribution in [0, 0.1) is 0 Å². The predicted molar refractivity (Wildman–Crippen MR) is 90.7 cm³/mol. The van der Waals surface area contributed by atoms with E-state index < -0.39 is 0 Å². The first-order valence-corrected chi connectivity index (χ1v) is 7.60. The molecule has 1 N–H and O–H groups in total. The van der Waals surface area contributed by atoms with Crippen LogP contribution in [0.15, 0.2) is 36.4 Å². The van der Waals surface area contributed by atoms with Crippen molar-refractivity contribution >= 4 is 23.2 Å². The van der Waals surface area contributed by atoms with Gasteiger partial charge in [0.1, 0.15) is 5.75 Å². The number of hydrogen-bond donors (Lipinski definition) is 1. The Kier molecular flexibility index (Phi) is 5.51. The van der Waals surface area contributed by atoms with Crippen molar-refractivity contribution in [1.82, 2.24) is 5.32 Å². The van der Waals surface area contributed by atoms with Crippen molar-refractivity contribution in [2.24, 2.45) is 0 Å². The first-order chi connectivity index (χ1) is 10.0. The number of hydrogen-bond acceptors (Lipinski definition) is 2. The molecule has 112 valence electrons. The van der Waals surface area contributed by atoms with E-state index in [-0.39, 0.29) is 0 Å². The Balaban J connectivity index is 2.28. The molecule has 2 rings (SSSR count). The largest absolute Gasteiger partial charge is 0.495 e. The Morgan fingerprint density at radius 2 is 1.76 bits per heavy atom. The van der Waals surface area contributed by atoms with Crippen LogP contribution in [-0.2, 0) is 6.42 Å². The molecule has 2 aromatic carbocycles. The van der Waals surface area contributed by atoms with Gasteiger partial charge in [0.05, 0.1) is 17.2 Å². The molecule has 2 nitrogen and oxygen atoms in total. The van der Waals surface area contributed by atoms with Crippen molar-refractivity contribution in [2.75, 3.05) is 14.2 Å². The van der Waals surface area contributed by atoms with E-state index in [9.17, 15) is 0 Å². The zero-order valence-corrected chi connectivity index (χ0v) is 13.9. The summed E-state index contributed by atoms with van der Waals surface area (Å²) in [5.74, 6) is 0.588. The molecule has 1 atom stereocenters. The van der Waals surface area contributed by atoms with Gasteiger partial charge in [0, 0.05) is 17.7 Å². The van der Waals surface area contributed by atoms with Gasteiger partial charge in [0.2, 0.25) is 0 Å². The summed E-state index contributed by atoms with van der Waals surface area (Å²) in [5.41, 5.74) is 3.25. The van der Waals surface area contributed by atoms with Crippen LogP contribution in [0.2, 0.25) is 10.0 Å². The molecule has 0 fully saturated rings. The van der Waals surface area contributed by atoms with Crippen LogP contribution in [0.1, 0.15) is 12.5 Å². The molecule has 0 bridgehead atoms. The summed E-state index contributed by atoms with van der Waals surface area (Å²) in [5, 5.41) is 4.43. The minimum atomic E-state index is 0.454. The predicted octanol–water partition coefficient (Wildman–Crippen LogP) is 4.82. The van der Waals surface area contributed by atoms with Crippen LogP contribution in [0.25, 0.3) is 11.1 Å². The van der Waals surface area contributed by atoms with Gasteiger partial charge in [-0.25, -0.2) is 0 Å². The van der Waals surface area contributed by atoms with Crippen LogP contribution in [0.4, 0.5) is 0 Å². The summed E-state index contributed by atoms with van der Waals surface area (Å²) in [6.45, 7) is 2.16. The molecular weight excluding hydrogens is 305 g/mol. The minimum absolute atomic E-state index is 0.454. The van der Waals surface area contributed by atoms with E-state index in [1.54, 1.807) is 13.2 Å². The van der Waals surface area contributed by atoms with Gasteiger partial charge < -0.3 is 10.1 Å². The number of methoxy groups -OCH3 is 1. The van der Waals surface area contributed by atoms with E-state index in [2.05, 4.69) is 36.5 Å². The average Bonchev–Trinajstić information content (AvgIpc) is 2.50. The molecule has 4 heteroatoms. The number of rotatable bonds is 5. The number of likely N-dealkylation sites (N-methyl/N-ethyl adjacent to an activating group) is 1. The molecule has 0 aliphatic rings. The number of nitrogens with one attached hydrogen (secondary N) is 1. The molecule has 0 amide bonds. The van der Waals surface area contributed by atoms with Crippen LogP contribution < -0.4 is 10.1 Å². The lowest BCUT2D eigenvalue weighted by Gasteiger charge is -2.12. The summed E-state index contributed by atoms with van der Waals surface area (Å²) in [4.78, 5) is 0. The molecule has 0 aliphatic carbocycles. The lowest BCUT2D eigenvalue weighted by atomic mass is 10.0. The maximum atomic E-state index is 6.31. The third kappa shape index (κ3) is 3.91. The third-order valence-corrected chi connectivity index (χ3v) is 4.15. The molecular formula is C17H19Cl2NO. The van der Waals surface area contributed by atoms with Crippen LogP contribution >= 0.6 is 23.2 Å².